The lowest BCUT2D eigenvalue weighted by atomic mass is 9.82. The van der Waals surface area contributed by atoms with E-state index in [2.05, 4.69) is 18.7 Å². The molecule has 0 amide bonds. The van der Waals surface area contributed by atoms with E-state index in [1.54, 1.807) is 13.1 Å². The van der Waals surface area contributed by atoms with Gasteiger partial charge in [0.2, 0.25) is 10.0 Å². The van der Waals surface area contributed by atoms with Crippen LogP contribution in [0.5, 0.6) is 0 Å². The fourth-order valence-electron chi connectivity index (χ4n) is 4.68. The minimum atomic E-state index is -3.73. The van der Waals surface area contributed by atoms with E-state index < -0.39 is 21.2 Å². The Morgan fingerprint density at radius 3 is 2.69 bits per heavy atom. The molecule has 1 aromatic carbocycles. The first-order valence-corrected chi connectivity index (χ1v) is 11.5. The molecule has 4 rings (SSSR count). The maximum atomic E-state index is 13.3. The van der Waals surface area contributed by atoms with E-state index in [-0.39, 0.29) is 23.0 Å². The zero-order valence-corrected chi connectivity index (χ0v) is 18.0. The maximum absolute atomic E-state index is 13.3. The topological polar surface area (TPSA) is 96.0 Å². The highest BCUT2D eigenvalue weighted by molar-refractivity contribution is 7.89. The van der Waals surface area contributed by atoms with Gasteiger partial charge in [-0.2, -0.15) is 4.31 Å². The lowest BCUT2D eigenvalue weighted by Crippen LogP contribution is -2.39. The fraction of sp³-hybridized carbons (Fsp3) is 0.650. The van der Waals surface area contributed by atoms with Gasteiger partial charge in [0, 0.05) is 44.7 Å². The van der Waals surface area contributed by atoms with Crippen molar-refractivity contribution in [2.45, 2.75) is 25.2 Å². The van der Waals surface area contributed by atoms with E-state index in [0.717, 1.165) is 26.1 Å². The predicted molar refractivity (Wildman–Crippen MR) is 109 cm³/mol. The number of aromatic nitrogens is 1. The fourth-order valence-corrected chi connectivity index (χ4v) is 6.28. The number of rotatable bonds is 6. The quantitative estimate of drug-likeness (QED) is 0.747. The Bertz CT molecular complexity index is 1070. The van der Waals surface area contributed by atoms with Gasteiger partial charge in [-0.1, -0.05) is 13.8 Å². The molecule has 8 nitrogen and oxygen atoms in total. The molecule has 160 valence electrons. The van der Waals surface area contributed by atoms with E-state index in [0.29, 0.717) is 24.5 Å². The van der Waals surface area contributed by atoms with Gasteiger partial charge in [-0.15, -0.1) is 0 Å². The molecule has 0 spiro atoms. The second-order valence-corrected chi connectivity index (χ2v) is 10.9. The highest BCUT2D eigenvalue weighted by Crippen LogP contribution is 2.44. The Labute approximate surface area is 170 Å². The van der Waals surface area contributed by atoms with Gasteiger partial charge in [-0.3, -0.25) is 4.57 Å². The molecular weight excluding hydrogens is 394 g/mol. The van der Waals surface area contributed by atoms with Crippen molar-refractivity contribution < 1.29 is 17.9 Å². The van der Waals surface area contributed by atoms with Crippen LogP contribution in [0.25, 0.3) is 11.1 Å². The van der Waals surface area contributed by atoms with Crippen LogP contribution < -0.4 is 5.76 Å². The van der Waals surface area contributed by atoms with Crippen LogP contribution in [-0.2, 0) is 17.1 Å². The lowest BCUT2D eigenvalue weighted by molar-refractivity contribution is 0.119. The number of fused-ring (bicyclic) bond motifs is 2. The zero-order chi connectivity index (χ0) is 21.0. The monoisotopic (exact) mass is 423 g/mol. The molecule has 2 unspecified atom stereocenters. The predicted octanol–water partition coefficient (Wildman–Crippen LogP) is 1.09. The summed E-state index contributed by atoms with van der Waals surface area (Å²) in [7, 11) is -2.15. The van der Waals surface area contributed by atoms with Gasteiger partial charge < -0.3 is 14.4 Å². The van der Waals surface area contributed by atoms with Gasteiger partial charge in [0.25, 0.3) is 0 Å². The number of aryl methyl sites for hydroxylation is 1. The smallest absolute Gasteiger partial charge is 0.408 e. The van der Waals surface area contributed by atoms with E-state index in [1.165, 1.54) is 21.0 Å². The molecule has 0 radical (unpaired) electrons. The molecule has 0 bridgehead atoms. The summed E-state index contributed by atoms with van der Waals surface area (Å²) in [5, 5.41) is 10.2. The van der Waals surface area contributed by atoms with E-state index in [1.807, 2.05) is 0 Å². The Morgan fingerprint density at radius 2 is 2.03 bits per heavy atom. The Hall–Kier alpha value is -1.68. The van der Waals surface area contributed by atoms with Crippen molar-refractivity contribution in [2.24, 2.45) is 24.3 Å². The average molecular weight is 424 g/mol. The molecule has 2 aliphatic rings. The van der Waals surface area contributed by atoms with Gasteiger partial charge in [-0.25, -0.2) is 13.2 Å². The van der Waals surface area contributed by atoms with Crippen LogP contribution in [0.3, 0.4) is 0 Å². The third kappa shape index (κ3) is 3.43. The van der Waals surface area contributed by atoms with E-state index in [9.17, 15) is 18.3 Å². The molecule has 2 aliphatic heterocycles. The average Bonchev–Trinajstić information content (AvgIpc) is 3.29. The number of oxazole rings is 1. The van der Waals surface area contributed by atoms with Crippen molar-refractivity contribution in [2.75, 3.05) is 39.3 Å². The number of likely N-dealkylation sites (tertiary alicyclic amines) is 1. The molecule has 0 aliphatic carbocycles. The minimum absolute atomic E-state index is 0.0194. The highest BCUT2D eigenvalue weighted by atomic mass is 32.2. The second kappa shape index (κ2) is 7.23. The molecule has 1 N–H and O–H groups in total. The van der Waals surface area contributed by atoms with Gasteiger partial charge in [-0.05, 0) is 36.9 Å². The number of hydrogen-bond acceptors (Lipinski definition) is 6. The minimum Gasteiger partial charge on any atom is -0.408 e. The van der Waals surface area contributed by atoms with Crippen molar-refractivity contribution in [1.29, 1.82) is 0 Å². The van der Waals surface area contributed by atoms with Gasteiger partial charge in [0.15, 0.2) is 5.58 Å². The Balaban J connectivity index is 1.56. The summed E-state index contributed by atoms with van der Waals surface area (Å²) in [4.78, 5) is 14.2. The number of hydrogen-bond donors (Lipinski definition) is 1. The summed E-state index contributed by atoms with van der Waals surface area (Å²) in [5.41, 5.74) is 0.405. The summed E-state index contributed by atoms with van der Waals surface area (Å²) in [6, 6.07) is 4.53. The van der Waals surface area contributed by atoms with E-state index >= 15 is 0 Å². The van der Waals surface area contributed by atoms with Crippen LogP contribution in [0.4, 0.5) is 0 Å². The first-order valence-electron chi connectivity index (χ1n) is 10.1. The van der Waals surface area contributed by atoms with Crippen LogP contribution in [0.1, 0.15) is 20.3 Å². The van der Waals surface area contributed by atoms with E-state index in [4.69, 9.17) is 4.42 Å². The van der Waals surface area contributed by atoms with Gasteiger partial charge in [0.05, 0.1) is 17.0 Å². The Morgan fingerprint density at radius 1 is 1.28 bits per heavy atom. The molecule has 2 aromatic rings. The van der Waals surface area contributed by atoms with Gasteiger partial charge in [0.1, 0.15) is 0 Å². The number of aliphatic hydroxyl groups excluding tert-OH is 1. The first-order chi connectivity index (χ1) is 13.7. The van der Waals surface area contributed by atoms with Crippen molar-refractivity contribution in [1.82, 2.24) is 13.8 Å². The van der Waals surface area contributed by atoms with Crippen molar-refractivity contribution in [3.63, 3.8) is 0 Å². The second-order valence-electron chi connectivity index (χ2n) is 8.99. The van der Waals surface area contributed by atoms with Crippen LogP contribution in [0, 0.1) is 17.3 Å². The van der Waals surface area contributed by atoms with Crippen LogP contribution in [0.2, 0.25) is 0 Å². The molecule has 2 atom stereocenters. The summed E-state index contributed by atoms with van der Waals surface area (Å²) in [5.74, 6) is 0.212. The third-order valence-corrected chi connectivity index (χ3v) is 8.35. The van der Waals surface area contributed by atoms with Crippen LogP contribution in [0.15, 0.2) is 32.3 Å². The molecule has 9 heteroatoms. The normalized spacial score (nSPS) is 26.0. The number of aliphatic hydroxyl groups is 1. The first kappa shape index (κ1) is 20.6. The summed E-state index contributed by atoms with van der Waals surface area (Å²) in [6.07, 6.45) is 1.10. The SMILES string of the molecule is CC(C)CCN1CC2CN(S(=O)(=O)c3ccc4c(c3)oc(=O)n4C)CC2(CO)C1. The van der Waals surface area contributed by atoms with Crippen LogP contribution >= 0.6 is 0 Å². The lowest BCUT2D eigenvalue weighted by Gasteiger charge is -2.27. The van der Waals surface area contributed by atoms with Crippen molar-refractivity contribution in [3.05, 3.63) is 28.7 Å². The zero-order valence-electron chi connectivity index (χ0n) is 17.2. The molecular formula is C20H29N3O5S. The van der Waals surface area contributed by atoms with Crippen molar-refractivity contribution in [3.8, 4) is 0 Å². The molecule has 29 heavy (non-hydrogen) atoms. The van der Waals surface area contributed by atoms with Crippen LogP contribution in [-0.4, -0.2) is 66.6 Å². The summed E-state index contributed by atoms with van der Waals surface area (Å²) >= 11 is 0. The highest BCUT2D eigenvalue weighted by Gasteiger charge is 2.54. The number of nitrogens with zero attached hydrogens (tertiary/aromatic N) is 3. The molecule has 0 saturated carbocycles. The standard InChI is InChI=1S/C20H29N3O5S/c1-14(2)6-7-22-9-15-10-23(12-20(15,11-22)13-24)29(26,27)16-4-5-17-18(8-16)28-19(25)21(17)3/h4-5,8,14-15,24H,6-7,9-13H2,1-3H3. The molecule has 2 fully saturated rings. The number of sulfonamides is 1. The Kier molecular flexibility index (Phi) is 5.13. The van der Waals surface area contributed by atoms with Crippen molar-refractivity contribution >= 4 is 21.1 Å². The summed E-state index contributed by atoms with van der Waals surface area (Å²) in [6.45, 7) is 7.59. The largest absolute Gasteiger partial charge is 0.419 e. The molecule has 3 heterocycles. The molecule has 2 saturated heterocycles. The maximum Gasteiger partial charge on any atom is 0.419 e. The third-order valence-electron chi connectivity index (χ3n) is 6.54. The summed E-state index contributed by atoms with van der Waals surface area (Å²) < 4.78 is 34.5. The molecule has 1 aromatic heterocycles. The van der Waals surface area contributed by atoms with Gasteiger partial charge >= 0.3 is 5.76 Å². The number of benzene rings is 1.